The Bertz CT molecular complexity index is 1030. The summed E-state index contributed by atoms with van der Waals surface area (Å²) in [5.74, 6) is -1.56. The van der Waals surface area contributed by atoms with Gasteiger partial charge in [-0.1, -0.05) is 35.9 Å². The number of hydrogen-bond donors (Lipinski definition) is 3. The number of carbonyl (C=O) groups is 3. The van der Waals surface area contributed by atoms with Gasteiger partial charge in [-0.2, -0.15) is 0 Å². The molecule has 0 unspecified atom stereocenters. The summed E-state index contributed by atoms with van der Waals surface area (Å²) in [6.07, 6.45) is -0.444. The Morgan fingerprint density at radius 2 is 2.07 bits per heavy atom. The summed E-state index contributed by atoms with van der Waals surface area (Å²) >= 11 is 7.32. The molecule has 1 aliphatic heterocycles. The number of aliphatic carboxylic acids is 1. The third-order valence-corrected chi connectivity index (χ3v) is 5.94. The van der Waals surface area contributed by atoms with Gasteiger partial charge in [0.05, 0.1) is 28.5 Å². The second-order valence-electron chi connectivity index (χ2n) is 6.70. The molecule has 3 N–H and O–H groups in total. The van der Waals surface area contributed by atoms with Gasteiger partial charge in [-0.3, -0.25) is 9.59 Å². The summed E-state index contributed by atoms with van der Waals surface area (Å²) in [4.78, 5) is 40.4. The number of rotatable bonds is 4. The fourth-order valence-electron chi connectivity index (χ4n) is 3.54. The number of fused-ring (bicyclic) bond motifs is 2. The summed E-state index contributed by atoms with van der Waals surface area (Å²) in [6.45, 7) is 0. The van der Waals surface area contributed by atoms with Crippen molar-refractivity contribution in [3.63, 3.8) is 0 Å². The zero-order valence-electron chi connectivity index (χ0n) is 15.0. The molecule has 0 bridgehead atoms. The van der Waals surface area contributed by atoms with E-state index in [9.17, 15) is 14.4 Å². The number of carbonyl (C=O) groups excluding carboxylic acids is 2. The molecule has 1 aromatic carbocycles. The highest BCUT2D eigenvalue weighted by atomic mass is 35.5. The quantitative estimate of drug-likeness (QED) is 0.641. The number of carboxylic acid groups (broad SMARTS) is 1. The first kappa shape index (κ1) is 19.4. The molecule has 8 nitrogen and oxygen atoms in total. The molecular formula is C19H16ClN3O5S. The van der Waals surface area contributed by atoms with Crippen molar-refractivity contribution in [2.75, 3.05) is 0 Å². The molecule has 0 fully saturated rings. The molecule has 0 radical (unpaired) electrons. The van der Waals surface area contributed by atoms with Crippen LogP contribution in [0.15, 0.2) is 35.3 Å². The van der Waals surface area contributed by atoms with Crippen LogP contribution < -0.4 is 10.6 Å². The number of ether oxygens (including phenoxy) is 1. The number of thiophene rings is 1. The lowest BCUT2D eigenvalue weighted by atomic mass is 10.1. The van der Waals surface area contributed by atoms with E-state index in [-0.39, 0.29) is 5.90 Å². The molecule has 10 heteroatoms. The predicted molar refractivity (Wildman–Crippen MR) is 107 cm³/mol. The van der Waals surface area contributed by atoms with Crippen molar-refractivity contribution >= 4 is 52.5 Å². The number of benzene rings is 1. The van der Waals surface area contributed by atoms with Gasteiger partial charge in [0.1, 0.15) is 6.42 Å². The summed E-state index contributed by atoms with van der Waals surface area (Å²) in [5, 5.41) is 14.3. The van der Waals surface area contributed by atoms with Crippen molar-refractivity contribution in [3.8, 4) is 0 Å². The Morgan fingerprint density at radius 1 is 1.28 bits per heavy atom. The fourth-order valence-corrected chi connectivity index (χ4v) is 4.73. The highest BCUT2D eigenvalue weighted by Crippen LogP contribution is 2.37. The third-order valence-electron chi connectivity index (χ3n) is 4.69. The lowest BCUT2D eigenvalue weighted by molar-refractivity contribution is -0.140. The predicted octanol–water partition coefficient (Wildman–Crippen LogP) is 2.97. The SMILES string of the molecule is O=C(O)CC(=O)N[C@@H]1c2ccccc2C[C@H]1NC(=O)OC1=Nc2cc(Cl)sc2C1. The minimum Gasteiger partial charge on any atom is -0.481 e. The Morgan fingerprint density at radius 3 is 2.83 bits per heavy atom. The Hall–Kier alpha value is -2.91. The van der Waals surface area contributed by atoms with Gasteiger partial charge in [0.2, 0.25) is 11.8 Å². The Kier molecular flexibility index (Phi) is 5.25. The van der Waals surface area contributed by atoms with E-state index < -0.39 is 36.5 Å². The zero-order valence-corrected chi connectivity index (χ0v) is 16.5. The van der Waals surface area contributed by atoms with Gasteiger partial charge < -0.3 is 20.5 Å². The maximum absolute atomic E-state index is 12.4. The summed E-state index contributed by atoms with van der Waals surface area (Å²) in [7, 11) is 0. The molecule has 2 aromatic rings. The van der Waals surface area contributed by atoms with Crippen LogP contribution in [0.3, 0.4) is 0 Å². The molecule has 0 spiro atoms. The van der Waals surface area contributed by atoms with Gasteiger partial charge in [-0.25, -0.2) is 9.79 Å². The summed E-state index contributed by atoms with van der Waals surface area (Å²) in [6, 6.07) is 8.15. The van der Waals surface area contributed by atoms with Gasteiger partial charge in [-0.05, 0) is 23.6 Å². The standard InChI is InChI=1S/C19H16ClN3O5S/c20-14-6-11-13(29-14)7-16(21-11)28-19(27)22-12-5-9-3-1-2-4-10(9)18(12)23-15(24)8-17(25)26/h1-4,6,12,18H,5,7-8H2,(H,22,27)(H,23,24)(H,25,26)/t12-,18-/m1/s1. The number of carboxylic acids is 1. The first-order chi connectivity index (χ1) is 13.9. The summed E-state index contributed by atoms with van der Waals surface area (Å²) in [5.41, 5.74) is 2.51. The number of nitrogens with zero attached hydrogens (tertiary/aromatic N) is 1. The topological polar surface area (TPSA) is 117 Å². The van der Waals surface area contributed by atoms with E-state index in [4.69, 9.17) is 21.4 Å². The van der Waals surface area contributed by atoms with Crippen LogP contribution in [0.5, 0.6) is 0 Å². The van der Waals surface area contributed by atoms with Crippen molar-refractivity contribution in [1.82, 2.24) is 10.6 Å². The largest absolute Gasteiger partial charge is 0.481 e. The maximum atomic E-state index is 12.4. The van der Waals surface area contributed by atoms with Crippen molar-refractivity contribution < 1.29 is 24.2 Å². The molecule has 2 aliphatic rings. The zero-order chi connectivity index (χ0) is 20.5. The minimum atomic E-state index is -1.22. The van der Waals surface area contributed by atoms with Crippen molar-refractivity contribution in [2.45, 2.75) is 31.3 Å². The first-order valence-electron chi connectivity index (χ1n) is 8.82. The fraction of sp³-hybridized carbons (Fsp3) is 0.263. The van der Waals surface area contributed by atoms with E-state index in [1.54, 1.807) is 6.07 Å². The van der Waals surface area contributed by atoms with Crippen molar-refractivity contribution in [1.29, 1.82) is 0 Å². The third kappa shape index (κ3) is 4.25. The number of halogens is 1. The minimum absolute atomic E-state index is 0.280. The van der Waals surface area contributed by atoms with E-state index in [2.05, 4.69) is 15.6 Å². The number of nitrogens with one attached hydrogen (secondary N) is 2. The van der Waals surface area contributed by atoms with Gasteiger partial charge in [-0.15, -0.1) is 11.3 Å². The molecule has 2 amide bonds. The normalized spacial score (nSPS) is 19.1. The molecule has 2 atom stereocenters. The average molecular weight is 434 g/mol. The van der Waals surface area contributed by atoms with E-state index >= 15 is 0 Å². The van der Waals surface area contributed by atoms with Crippen molar-refractivity contribution in [2.24, 2.45) is 4.99 Å². The smallest absolute Gasteiger partial charge is 0.414 e. The number of hydrogen-bond acceptors (Lipinski definition) is 6. The molecule has 2 heterocycles. The van der Waals surface area contributed by atoms with E-state index in [0.29, 0.717) is 22.9 Å². The van der Waals surface area contributed by atoms with Gasteiger partial charge >= 0.3 is 12.1 Å². The van der Waals surface area contributed by atoms with Crippen LogP contribution in [0, 0.1) is 0 Å². The average Bonchev–Trinajstić information content (AvgIpc) is 3.25. The second kappa shape index (κ2) is 7.84. The van der Waals surface area contributed by atoms with Gasteiger partial charge in [0, 0.05) is 4.88 Å². The lowest BCUT2D eigenvalue weighted by Crippen LogP contribution is -2.45. The van der Waals surface area contributed by atoms with E-state index in [1.807, 2.05) is 24.3 Å². The molecule has 1 aliphatic carbocycles. The number of amides is 2. The van der Waals surface area contributed by atoms with Crippen LogP contribution in [0.1, 0.15) is 28.5 Å². The molecule has 0 saturated carbocycles. The molecule has 150 valence electrons. The summed E-state index contributed by atoms with van der Waals surface area (Å²) < 4.78 is 5.96. The molecular weight excluding hydrogens is 418 g/mol. The molecule has 0 saturated heterocycles. The second-order valence-corrected chi connectivity index (χ2v) is 8.47. The van der Waals surface area contributed by atoms with Crippen LogP contribution in [-0.4, -0.2) is 35.0 Å². The molecule has 4 rings (SSSR count). The maximum Gasteiger partial charge on any atom is 0.414 e. The lowest BCUT2D eigenvalue weighted by Gasteiger charge is -2.22. The van der Waals surface area contributed by atoms with Crippen LogP contribution in [-0.2, 0) is 27.2 Å². The number of aliphatic imine (C=N–C) groups is 1. The van der Waals surface area contributed by atoms with Crippen LogP contribution in [0.4, 0.5) is 10.5 Å². The highest BCUT2D eigenvalue weighted by Gasteiger charge is 2.35. The van der Waals surface area contributed by atoms with Crippen LogP contribution in [0.2, 0.25) is 4.34 Å². The van der Waals surface area contributed by atoms with E-state index in [0.717, 1.165) is 16.0 Å². The monoisotopic (exact) mass is 433 g/mol. The highest BCUT2D eigenvalue weighted by molar-refractivity contribution is 7.16. The number of alkyl carbamates (subject to hydrolysis) is 1. The van der Waals surface area contributed by atoms with Crippen molar-refractivity contribution in [3.05, 3.63) is 50.7 Å². The molecule has 29 heavy (non-hydrogen) atoms. The first-order valence-corrected chi connectivity index (χ1v) is 10.0. The van der Waals surface area contributed by atoms with Gasteiger partial charge in [0.25, 0.3) is 0 Å². The van der Waals surface area contributed by atoms with Crippen LogP contribution in [0.25, 0.3) is 0 Å². The van der Waals surface area contributed by atoms with Crippen LogP contribution >= 0.6 is 22.9 Å². The Balaban J connectivity index is 1.43. The van der Waals surface area contributed by atoms with E-state index in [1.165, 1.54) is 11.3 Å². The molecule has 1 aromatic heterocycles. The Labute approximate surface area is 174 Å². The van der Waals surface area contributed by atoms with Gasteiger partial charge in [0.15, 0.2) is 0 Å².